The van der Waals surface area contributed by atoms with E-state index in [1.54, 1.807) is 0 Å². The van der Waals surface area contributed by atoms with Crippen molar-refractivity contribution in [2.45, 2.75) is 39.3 Å². The number of halogens is 1. The highest BCUT2D eigenvalue weighted by molar-refractivity contribution is 9.10. The minimum Gasteiger partial charge on any atom is -0.338 e. The number of hydrogen-bond acceptors (Lipinski definition) is 3. The summed E-state index contributed by atoms with van der Waals surface area (Å²) in [4.78, 5) is 39.3. The molecule has 1 aromatic heterocycles. The first-order valence-electron chi connectivity index (χ1n) is 6.69. The van der Waals surface area contributed by atoms with Crippen LogP contribution in [0.5, 0.6) is 0 Å². The molecular weight excluding hydrogens is 326 g/mol. The van der Waals surface area contributed by atoms with Crippen LogP contribution in [0.1, 0.15) is 26.7 Å². The summed E-state index contributed by atoms with van der Waals surface area (Å²) in [6.45, 7) is 4.89. The second-order valence-electron chi connectivity index (χ2n) is 5.40. The SMILES string of the molecule is CC(C)[C@H]1CCCN1C(=O)Cn1cc(Br)c(=O)[nH]c1=O. The summed E-state index contributed by atoms with van der Waals surface area (Å²) in [5, 5.41) is 0. The third-order valence-electron chi connectivity index (χ3n) is 3.66. The van der Waals surface area contributed by atoms with Gasteiger partial charge in [-0.3, -0.25) is 19.1 Å². The molecule has 1 fully saturated rings. The smallest absolute Gasteiger partial charge is 0.328 e. The van der Waals surface area contributed by atoms with E-state index < -0.39 is 11.2 Å². The van der Waals surface area contributed by atoms with Crippen molar-refractivity contribution in [1.82, 2.24) is 14.5 Å². The summed E-state index contributed by atoms with van der Waals surface area (Å²) in [5.74, 6) is 0.322. The lowest BCUT2D eigenvalue weighted by Gasteiger charge is -2.27. The van der Waals surface area contributed by atoms with Crippen molar-refractivity contribution in [2.24, 2.45) is 5.92 Å². The van der Waals surface area contributed by atoms with Crippen LogP contribution in [0.25, 0.3) is 0 Å². The molecule has 0 radical (unpaired) electrons. The fraction of sp³-hybridized carbons (Fsp3) is 0.615. The number of amides is 1. The Morgan fingerprint density at radius 1 is 1.50 bits per heavy atom. The van der Waals surface area contributed by atoms with E-state index in [0.29, 0.717) is 5.92 Å². The quantitative estimate of drug-likeness (QED) is 0.887. The summed E-state index contributed by atoms with van der Waals surface area (Å²) < 4.78 is 1.47. The van der Waals surface area contributed by atoms with Crippen LogP contribution in [0.4, 0.5) is 0 Å². The third kappa shape index (κ3) is 3.03. The van der Waals surface area contributed by atoms with Crippen LogP contribution >= 0.6 is 15.9 Å². The monoisotopic (exact) mass is 343 g/mol. The van der Waals surface area contributed by atoms with Crippen molar-refractivity contribution in [1.29, 1.82) is 0 Å². The molecule has 20 heavy (non-hydrogen) atoms. The molecular formula is C13H18BrN3O3. The van der Waals surface area contributed by atoms with Crippen LogP contribution in [0, 0.1) is 5.92 Å². The van der Waals surface area contributed by atoms with E-state index >= 15 is 0 Å². The van der Waals surface area contributed by atoms with Gasteiger partial charge in [0, 0.05) is 18.8 Å². The number of likely N-dealkylation sites (tertiary alicyclic amines) is 1. The highest BCUT2D eigenvalue weighted by Crippen LogP contribution is 2.23. The maximum Gasteiger partial charge on any atom is 0.328 e. The Kier molecular flexibility index (Phi) is 4.47. The second-order valence-corrected chi connectivity index (χ2v) is 6.26. The summed E-state index contributed by atoms with van der Waals surface area (Å²) >= 11 is 3.06. The van der Waals surface area contributed by atoms with E-state index in [-0.39, 0.29) is 23.0 Å². The first-order chi connectivity index (χ1) is 9.40. The molecule has 1 saturated heterocycles. The van der Waals surface area contributed by atoms with Gasteiger partial charge in [-0.05, 0) is 34.7 Å². The molecule has 0 spiro atoms. The molecule has 2 rings (SSSR count). The maximum atomic E-state index is 12.3. The minimum absolute atomic E-state index is 0.0442. The topological polar surface area (TPSA) is 75.2 Å². The van der Waals surface area contributed by atoms with Crippen LogP contribution < -0.4 is 11.2 Å². The van der Waals surface area contributed by atoms with Crippen LogP contribution in [-0.4, -0.2) is 32.9 Å². The van der Waals surface area contributed by atoms with E-state index in [2.05, 4.69) is 34.8 Å². The number of carbonyl (C=O) groups excluding carboxylic acids is 1. The van der Waals surface area contributed by atoms with Gasteiger partial charge in [-0.2, -0.15) is 0 Å². The number of nitrogens with one attached hydrogen (secondary N) is 1. The van der Waals surface area contributed by atoms with E-state index in [4.69, 9.17) is 0 Å². The summed E-state index contributed by atoms with van der Waals surface area (Å²) in [6.07, 6.45) is 3.37. The van der Waals surface area contributed by atoms with Crippen molar-refractivity contribution in [3.05, 3.63) is 31.5 Å². The molecule has 1 aliphatic heterocycles. The highest BCUT2D eigenvalue weighted by Gasteiger charge is 2.30. The van der Waals surface area contributed by atoms with Crippen LogP contribution in [0.15, 0.2) is 20.3 Å². The molecule has 110 valence electrons. The first kappa shape index (κ1) is 15.0. The van der Waals surface area contributed by atoms with E-state index in [0.717, 1.165) is 19.4 Å². The Balaban J connectivity index is 2.18. The number of carbonyl (C=O) groups is 1. The van der Waals surface area contributed by atoms with E-state index in [1.807, 2.05) is 4.90 Å². The number of hydrogen-bond donors (Lipinski definition) is 1. The van der Waals surface area contributed by atoms with E-state index in [1.165, 1.54) is 10.8 Å². The Labute approximate surface area is 124 Å². The lowest BCUT2D eigenvalue weighted by molar-refractivity contribution is -0.133. The molecule has 1 N–H and O–H groups in total. The molecule has 0 unspecified atom stereocenters. The van der Waals surface area contributed by atoms with Crippen LogP contribution in [-0.2, 0) is 11.3 Å². The van der Waals surface area contributed by atoms with Gasteiger partial charge in [-0.25, -0.2) is 4.79 Å². The van der Waals surface area contributed by atoms with Gasteiger partial charge in [0.25, 0.3) is 5.56 Å². The molecule has 7 heteroatoms. The van der Waals surface area contributed by atoms with Crippen molar-refractivity contribution >= 4 is 21.8 Å². The number of rotatable bonds is 3. The van der Waals surface area contributed by atoms with Crippen LogP contribution in [0.3, 0.4) is 0 Å². The Hall–Kier alpha value is -1.37. The average Bonchev–Trinajstić information content (AvgIpc) is 2.85. The predicted molar refractivity (Wildman–Crippen MR) is 78.6 cm³/mol. The lowest BCUT2D eigenvalue weighted by Crippen LogP contribution is -2.42. The van der Waals surface area contributed by atoms with Crippen molar-refractivity contribution in [2.75, 3.05) is 6.54 Å². The number of aromatic amines is 1. The van der Waals surface area contributed by atoms with Gasteiger partial charge in [-0.1, -0.05) is 13.8 Å². The van der Waals surface area contributed by atoms with Gasteiger partial charge in [0.05, 0.1) is 4.47 Å². The van der Waals surface area contributed by atoms with Gasteiger partial charge >= 0.3 is 5.69 Å². The zero-order valence-electron chi connectivity index (χ0n) is 11.6. The molecule has 1 aromatic rings. The Morgan fingerprint density at radius 2 is 2.20 bits per heavy atom. The molecule has 1 amide bonds. The zero-order valence-corrected chi connectivity index (χ0v) is 13.1. The molecule has 0 saturated carbocycles. The van der Waals surface area contributed by atoms with Gasteiger partial charge in [0.2, 0.25) is 5.91 Å². The molecule has 0 aromatic carbocycles. The fourth-order valence-electron chi connectivity index (χ4n) is 2.63. The lowest BCUT2D eigenvalue weighted by atomic mass is 10.0. The largest absolute Gasteiger partial charge is 0.338 e. The molecule has 2 heterocycles. The summed E-state index contributed by atoms with van der Waals surface area (Å²) in [6, 6.07) is 0.240. The highest BCUT2D eigenvalue weighted by atomic mass is 79.9. The third-order valence-corrected chi connectivity index (χ3v) is 4.23. The fourth-order valence-corrected chi connectivity index (χ4v) is 2.98. The summed E-state index contributed by atoms with van der Waals surface area (Å²) in [5.41, 5.74) is -1.05. The molecule has 6 nitrogen and oxygen atoms in total. The molecule has 1 aliphatic rings. The van der Waals surface area contributed by atoms with Crippen LogP contribution in [0.2, 0.25) is 0 Å². The van der Waals surface area contributed by atoms with Gasteiger partial charge in [0.15, 0.2) is 0 Å². The standard InChI is InChI=1S/C13H18BrN3O3/c1-8(2)10-4-3-5-17(10)11(18)7-16-6-9(14)12(19)15-13(16)20/h6,8,10H,3-5,7H2,1-2H3,(H,15,19,20)/t10-/m1/s1. The minimum atomic E-state index is -0.563. The van der Waals surface area contributed by atoms with Crippen molar-refractivity contribution in [3.8, 4) is 0 Å². The average molecular weight is 344 g/mol. The normalized spacial score (nSPS) is 18.8. The molecule has 0 bridgehead atoms. The van der Waals surface area contributed by atoms with Gasteiger partial charge in [0.1, 0.15) is 6.54 Å². The summed E-state index contributed by atoms with van der Waals surface area (Å²) in [7, 11) is 0. The predicted octanol–water partition coefficient (Wildman–Crippen LogP) is 0.946. The van der Waals surface area contributed by atoms with Gasteiger partial charge in [-0.15, -0.1) is 0 Å². The van der Waals surface area contributed by atoms with Crippen molar-refractivity contribution < 1.29 is 4.79 Å². The Morgan fingerprint density at radius 3 is 2.85 bits per heavy atom. The van der Waals surface area contributed by atoms with Gasteiger partial charge < -0.3 is 4.90 Å². The van der Waals surface area contributed by atoms with Crippen molar-refractivity contribution in [3.63, 3.8) is 0 Å². The number of aromatic nitrogens is 2. The molecule has 0 aliphatic carbocycles. The zero-order chi connectivity index (χ0) is 14.9. The maximum absolute atomic E-state index is 12.3. The number of H-pyrrole nitrogens is 1. The van der Waals surface area contributed by atoms with E-state index in [9.17, 15) is 14.4 Å². The Bertz CT molecular complexity index is 620. The number of nitrogens with zero attached hydrogens (tertiary/aromatic N) is 2. The second kappa shape index (κ2) is 5.95. The molecule has 1 atom stereocenters. The first-order valence-corrected chi connectivity index (χ1v) is 7.48.